The van der Waals surface area contributed by atoms with E-state index in [1.807, 2.05) is 0 Å². The Balaban J connectivity index is 1.18. The van der Waals surface area contributed by atoms with E-state index in [9.17, 15) is 0 Å². The van der Waals surface area contributed by atoms with Crippen LogP contribution < -0.4 is 5.32 Å². The third-order valence-electron chi connectivity index (χ3n) is 9.89. The van der Waals surface area contributed by atoms with E-state index in [1.54, 1.807) is 0 Å². The van der Waals surface area contributed by atoms with Crippen molar-refractivity contribution in [3.05, 3.63) is 180 Å². The number of nitrogens with one attached hydrogen (secondary N) is 1. The minimum absolute atomic E-state index is 0.365. The molecule has 0 bridgehead atoms. The van der Waals surface area contributed by atoms with E-state index in [0.717, 1.165) is 33.3 Å². The molecule has 45 heavy (non-hydrogen) atoms. The van der Waals surface area contributed by atoms with Crippen molar-refractivity contribution < 1.29 is 4.42 Å². The Kier molecular flexibility index (Phi) is 4.95. The average molecular weight is 574 g/mol. The predicted molar refractivity (Wildman–Crippen MR) is 185 cm³/mol. The quantitative estimate of drug-likeness (QED) is 0.227. The zero-order valence-electron chi connectivity index (χ0n) is 24.4. The number of fused-ring (bicyclic) bond motifs is 13. The first-order chi connectivity index (χ1) is 22.3. The van der Waals surface area contributed by atoms with Gasteiger partial charge in [0.2, 0.25) is 0 Å². The second-order valence-electron chi connectivity index (χ2n) is 12.1. The smallest absolute Gasteiger partial charge is 0.158 e. The molecule has 0 aliphatic heterocycles. The van der Waals surface area contributed by atoms with E-state index in [-0.39, 0.29) is 5.41 Å². The van der Waals surface area contributed by atoms with E-state index in [1.165, 1.54) is 55.6 Å². The third kappa shape index (κ3) is 3.23. The van der Waals surface area contributed by atoms with Gasteiger partial charge >= 0.3 is 0 Å². The van der Waals surface area contributed by atoms with Gasteiger partial charge in [0.05, 0.1) is 11.1 Å². The lowest BCUT2D eigenvalue weighted by molar-refractivity contribution is 0.670. The van der Waals surface area contributed by atoms with E-state index in [4.69, 9.17) is 4.42 Å². The zero-order valence-corrected chi connectivity index (χ0v) is 24.4. The molecule has 0 saturated carbocycles. The lowest BCUT2D eigenvalue weighted by Crippen LogP contribution is -2.25. The van der Waals surface area contributed by atoms with Gasteiger partial charge in [-0.3, -0.25) is 0 Å². The number of benzene rings is 7. The average Bonchev–Trinajstić information content (AvgIpc) is 3.73. The highest BCUT2D eigenvalue weighted by molar-refractivity contribution is 6.11. The number of anilines is 2. The van der Waals surface area contributed by atoms with Crippen LogP contribution in [0.2, 0.25) is 0 Å². The Bertz CT molecular complexity index is 2420. The van der Waals surface area contributed by atoms with Crippen LogP contribution in [-0.2, 0) is 5.41 Å². The summed E-state index contributed by atoms with van der Waals surface area (Å²) in [5, 5.41) is 6.09. The van der Waals surface area contributed by atoms with Crippen LogP contribution in [0, 0.1) is 0 Å². The fourth-order valence-electron chi connectivity index (χ4n) is 8.10. The van der Waals surface area contributed by atoms with Gasteiger partial charge in [0.1, 0.15) is 5.58 Å². The summed E-state index contributed by atoms with van der Waals surface area (Å²) in [4.78, 5) is 0. The topological polar surface area (TPSA) is 25.2 Å². The summed E-state index contributed by atoms with van der Waals surface area (Å²) >= 11 is 0. The summed E-state index contributed by atoms with van der Waals surface area (Å²) in [6, 6.07) is 57.0. The van der Waals surface area contributed by atoms with E-state index in [2.05, 4.69) is 163 Å². The predicted octanol–water partition coefficient (Wildman–Crippen LogP) is 11.3. The van der Waals surface area contributed by atoms with Crippen molar-refractivity contribution in [2.45, 2.75) is 5.41 Å². The molecule has 1 heterocycles. The largest absolute Gasteiger partial charge is 0.454 e. The summed E-state index contributed by atoms with van der Waals surface area (Å²) < 4.78 is 6.56. The Morgan fingerprint density at radius 1 is 0.422 bits per heavy atom. The van der Waals surface area contributed by atoms with Gasteiger partial charge in [0.25, 0.3) is 0 Å². The molecule has 0 saturated heterocycles. The van der Waals surface area contributed by atoms with Crippen molar-refractivity contribution in [1.29, 1.82) is 0 Å². The summed E-state index contributed by atoms with van der Waals surface area (Å²) in [6.45, 7) is 0. The van der Waals surface area contributed by atoms with Gasteiger partial charge in [-0.1, -0.05) is 133 Å². The molecule has 210 valence electrons. The minimum atomic E-state index is -0.365. The van der Waals surface area contributed by atoms with Crippen molar-refractivity contribution >= 4 is 33.3 Å². The molecule has 7 aromatic carbocycles. The molecule has 1 aromatic heterocycles. The van der Waals surface area contributed by atoms with Gasteiger partial charge in [-0.05, 0) is 74.3 Å². The fraction of sp³-hybridized carbons (Fsp3) is 0.0233. The molecule has 0 radical (unpaired) electrons. The molecule has 8 aromatic rings. The number of hydrogen-bond acceptors (Lipinski definition) is 2. The first-order valence-corrected chi connectivity index (χ1v) is 15.5. The van der Waals surface area contributed by atoms with Crippen LogP contribution in [0.3, 0.4) is 0 Å². The van der Waals surface area contributed by atoms with E-state index >= 15 is 0 Å². The normalized spacial score (nSPS) is 13.5. The molecule has 2 aliphatic rings. The van der Waals surface area contributed by atoms with Crippen LogP contribution in [0.15, 0.2) is 162 Å². The Morgan fingerprint density at radius 2 is 1.02 bits per heavy atom. The Morgan fingerprint density at radius 3 is 1.78 bits per heavy atom. The van der Waals surface area contributed by atoms with Gasteiger partial charge in [0, 0.05) is 22.0 Å². The van der Waals surface area contributed by atoms with Gasteiger partial charge in [0.15, 0.2) is 5.58 Å². The standard InChI is InChI=1S/C43H27NO/c1-2-12-27(13-3-1)28-24-25-40-33(26-28)31-17-10-23-39(42(31)45-40)44-38-22-11-21-37-41(38)32-16-6-9-20-36(32)43(37)34-18-7-4-14-29(34)30-15-5-8-19-35(30)43/h1-26,44H. The Hall–Kier alpha value is -5.86. The number of rotatable bonds is 3. The summed E-state index contributed by atoms with van der Waals surface area (Å²) in [5.41, 5.74) is 16.3. The van der Waals surface area contributed by atoms with Crippen LogP contribution in [0.25, 0.3) is 55.3 Å². The van der Waals surface area contributed by atoms with Crippen molar-refractivity contribution in [3.8, 4) is 33.4 Å². The van der Waals surface area contributed by atoms with E-state index in [0.29, 0.717) is 0 Å². The molecule has 0 atom stereocenters. The lowest BCUT2D eigenvalue weighted by atomic mass is 9.70. The molecule has 1 spiro atoms. The second-order valence-corrected chi connectivity index (χ2v) is 12.1. The first kappa shape index (κ1) is 24.6. The molecule has 0 fully saturated rings. The van der Waals surface area contributed by atoms with Gasteiger partial charge in [-0.25, -0.2) is 0 Å². The van der Waals surface area contributed by atoms with Crippen molar-refractivity contribution in [2.24, 2.45) is 0 Å². The highest BCUT2D eigenvalue weighted by Gasteiger charge is 2.51. The molecule has 1 N–H and O–H groups in total. The second kappa shape index (κ2) is 9.07. The number of hydrogen-bond donors (Lipinski definition) is 1. The van der Waals surface area contributed by atoms with Crippen molar-refractivity contribution in [1.82, 2.24) is 0 Å². The minimum Gasteiger partial charge on any atom is -0.454 e. The summed E-state index contributed by atoms with van der Waals surface area (Å²) in [5.74, 6) is 0. The molecule has 0 unspecified atom stereocenters. The number of furan rings is 1. The maximum Gasteiger partial charge on any atom is 0.158 e. The number of para-hydroxylation sites is 1. The molecule has 2 aliphatic carbocycles. The van der Waals surface area contributed by atoms with Crippen LogP contribution in [0.4, 0.5) is 11.4 Å². The maximum absolute atomic E-state index is 6.56. The highest BCUT2D eigenvalue weighted by Crippen LogP contribution is 2.63. The highest BCUT2D eigenvalue weighted by atomic mass is 16.3. The van der Waals surface area contributed by atoms with Crippen LogP contribution >= 0.6 is 0 Å². The molecule has 2 nitrogen and oxygen atoms in total. The van der Waals surface area contributed by atoms with Gasteiger partial charge in [-0.15, -0.1) is 0 Å². The maximum atomic E-state index is 6.56. The van der Waals surface area contributed by atoms with Gasteiger partial charge in [-0.2, -0.15) is 0 Å². The SMILES string of the molecule is c1ccc(-c2ccc3oc4c(Nc5cccc6c5-c5ccccc5C65c6ccccc6-c6ccccc65)cccc4c3c2)cc1. The zero-order chi connectivity index (χ0) is 29.5. The van der Waals surface area contributed by atoms with Crippen LogP contribution in [0.1, 0.15) is 22.3 Å². The lowest BCUT2D eigenvalue weighted by Gasteiger charge is -2.30. The molecule has 10 rings (SSSR count). The third-order valence-corrected chi connectivity index (χ3v) is 9.89. The fourth-order valence-corrected chi connectivity index (χ4v) is 8.10. The Labute approximate surface area is 261 Å². The van der Waals surface area contributed by atoms with Crippen LogP contribution in [-0.4, -0.2) is 0 Å². The van der Waals surface area contributed by atoms with Crippen molar-refractivity contribution in [2.75, 3.05) is 5.32 Å². The van der Waals surface area contributed by atoms with E-state index < -0.39 is 0 Å². The van der Waals surface area contributed by atoms with Gasteiger partial charge < -0.3 is 9.73 Å². The molecule has 2 heteroatoms. The molecular formula is C43H27NO. The molecule has 0 amide bonds. The summed E-state index contributed by atoms with van der Waals surface area (Å²) in [7, 11) is 0. The molecular weight excluding hydrogens is 546 g/mol. The first-order valence-electron chi connectivity index (χ1n) is 15.5. The summed E-state index contributed by atoms with van der Waals surface area (Å²) in [6.07, 6.45) is 0. The monoisotopic (exact) mass is 573 g/mol. The van der Waals surface area contributed by atoms with Crippen LogP contribution in [0.5, 0.6) is 0 Å². The van der Waals surface area contributed by atoms with Crippen molar-refractivity contribution in [3.63, 3.8) is 0 Å².